The van der Waals surface area contributed by atoms with Crippen molar-refractivity contribution in [3.63, 3.8) is 0 Å². The van der Waals surface area contributed by atoms with Crippen molar-refractivity contribution in [2.45, 2.75) is 6.54 Å². The summed E-state index contributed by atoms with van der Waals surface area (Å²) in [6.07, 6.45) is 5.83. The number of aromatic nitrogens is 2. The fourth-order valence-electron chi connectivity index (χ4n) is 2.61. The van der Waals surface area contributed by atoms with E-state index in [1.165, 1.54) is 29.8 Å². The van der Waals surface area contributed by atoms with Crippen molar-refractivity contribution in [2.75, 3.05) is 0 Å². The van der Waals surface area contributed by atoms with Crippen LogP contribution in [0.25, 0.3) is 27.7 Å². The fraction of sp³-hybridized carbons (Fsp3) is 0.0476. The van der Waals surface area contributed by atoms with Gasteiger partial charge in [0.1, 0.15) is 16.9 Å². The summed E-state index contributed by atoms with van der Waals surface area (Å²) in [5, 5.41) is 5.92. The van der Waals surface area contributed by atoms with Gasteiger partial charge in [0.15, 0.2) is 5.43 Å². The second-order valence-electron chi connectivity index (χ2n) is 5.93. The normalized spacial score (nSPS) is 11.1. The third-order valence-corrected chi connectivity index (χ3v) is 4.91. The molecule has 0 radical (unpaired) electrons. The van der Waals surface area contributed by atoms with Crippen molar-refractivity contribution in [3.8, 4) is 10.7 Å². The van der Waals surface area contributed by atoms with Crippen LogP contribution in [0, 0.1) is 0 Å². The number of hydrogen-bond acceptors (Lipinski definition) is 6. The first-order valence-electron chi connectivity index (χ1n) is 8.53. The number of pyridine rings is 1. The van der Waals surface area contributed by atoms with E-state index in [2.05, 4.69) is 15.3 Å². The highest BCUT2D eigenvalue weighted by Crippen LogP contribution is 2.21. The Morgan fingerprint density at radius 1 is 1.18 bits per heavy atom. The van der Waals surface area contributed by atoms with Gasteiger partial charge < -0.3 is 9.73 Å². The third kappa shape index (κ3) is 3.89. The van der Waals surface area contributed by atoms with Gasteiger partial charge in [0.05, 0.1) is 28.9 Å². The molecule has 0 unspecified atom stereocenters. The molecule has 0 saturated heterocycles. The fourth-order valence-corrected chi connectivity index (χ4v) is 3.40. The number of fused-ring (bicyclic) bond motifs is 1. The van der Waals surface area contributed by atoms with Crippen molar-refractivity contribution in [1.29, 1.82) is 0 Å². The van der Waals surface area contributed by atoms with Gasteiger partial charge in [-0.2, -0.15) is 0 Å². The predicted molar refractivity (Wildman–Crippen MR) is 109 cm³/mol. The Labute approximate surface area is 164 Å². The lowest BCUT2D eigenvalue weighted by atomic mass is 10.1. The Bertz CT molecular complexity index is 1210. The molecule has 3 heterocycles. The molecule has 4 rings (SSSR count). The van der Waals surface area contributed by atoms with Crippen LogP contribution in [-0.2, 0) is 11.3 Å². The lowest BCUT2D eigenvalue weighted by molar-refractivity contribution is -0.116. The zero-order valence-corrected chi connectivity index (χ0v) is 15.5. The second kappa shape index (κ2) is 7.98. The summed E-state index contributed by atoms with van der Waals surface area (Å²) in [5.41, 5.74) is 2.21. The van der Waals surface area contributed by atoms with E-state index in [0.29, 0.717) is 23.1 Å². The van der Waals surface area contributed by atoms with Crippen LogP contribution in [0.3, 0.4) is 0 Å². The van der Waals surface area contributed by atoms with Crippen molar-refractivity contribution >= 4 is 34.3 Å². The molecule has 138 valence electrons. The van der Waals surface area contributed by atoms with Crippen LogP contribution in [0.2, 0.25) is 0 Å². The minimum atomic E-state index is -0.319. The van der Waals surface area contributed by atoms with Gasteiger partial charge in [0.2, 0.25) is 5.91 Å². The number of thiazole rings is 1. The monoisotopic (exact) mass is 389 g/mol. The molecule has 0 aliphatic rings. The van der Waals surface area contributed by atoms with E-state index in [1.54, 1.807) is 30.5 Å². The smallest absolute Gasteiger partial charge is 0.244 e. The lowest BCUT2D eigenvalue weighted by Crippen LogP contribution is -2.20. The van der Waals surface area contributed by atoms with E-state index in [4.69, 9.17) is 4.42 Å². The van der Waals surface area contributed by atoms with Gasteiger partial charge in [-0.25, -0.2) is 4.98 Å². The minimum absolute atomic E-state index is 0.176. The van der Waals surface area contributed by atoms with Crippen LogP contribution in [0.5, 0.6) is 0 Å². The number of amides is 1. The van der Waals surface area contributed by atoms with E-state index < -0.39 is 0 Å². The Hall–Kier alpha value is -3.58. The molecule has 1 amide bonds. The SMILES string of the molecule is O=C(/C=C/c1coc2ccccc2c1=O)NCc1csc(-c2ccccn2)n1. The van der Waals surface area contributed by atoms with Crippen LogP contribution < -0.4 is 10.7 Å². The quantitative estimate of drug-likeness (QED) is 0.527. The number of nitrogens with zero attached hydrogens (tertiary/aromatic N) is 2. The zero-order chi connectivity index (χ0) is 19.3. The van der Waals surface area contributed by atoms with Crippen LogP contribution in [0.1, 0.15) is 11.3 Å². The second-order valence-corrected chi connectivity index (χ2v) is 6.78. The highest BCUT2D eigenvalue weighted by Gasteiger charge is 2.07. The van der Waals surface area contributed by atoms with Crippen LogP contribution in [0.15, 0.2) is 75.6 Å². The van der Waals surface area contributed by atoms with Gasteiger partial charge in [0.25, 0.3) is 0 Å². The van der Waals surface area contributed by atoms with Crippen molar-refractivity contribution < 1.29 is 9.21 Å². The highest BCUT2D eigenvalue weighted by molar-refractivity contribution is 7.13. The molecular formula is C21H15N3O3S. The van der Waals surface area contributed by atoms with E-state index in [1.807, 2.05) is 23.6 Å². The number of benzene rings is 1. The minimum Gasteiger partial charge on any atom is -0.463 e. The van der Waals surface area contributed by atoms with Crippen LogP contribution in [-0.4, -0.2) is 15.9 Å². The predicted octanol–water partition coefficient (Wildman–Crippen LogP) is 3.64. The van der Waals surface area contributed by atoms with E-state index in [-0.39, 0.29) is 11.3 Å². The summed E-state index contributed by atoms with van der Waals surface area (Å²) >= 11 is 1.47. The first-order chi connectivity index (χ1) is 13.7. The Morgan fingerprint density at radius 2 is 2.04 bits per heavy atom. The first-order valence-corrected chi connectivity index (χ1v) is 9.41. The number of rotatable bonds is 5. The molecule has 3 aromatic heterocycles. The lowest BCUT2D eigenvalue weighted by Gasteiger charge is -2.00. The summed E-state index contributed by atoms with van der Waals surface area (Å²) in [5.74, 6) is -0.319. The summed E-state index contributed by atoms with van der Waals surface area (Å²) < 4.78 is 5.43. The first kappa shape index (κ1) is 17.8. The van der Waals surface area contributed by atoms with E-state index in [9.17, 15) is 9.59 Å². The molecule has 6 nitrogen and oxygen atoms in total. The van der Waals surface area contributed by atoms with E-state index >= 15 is 0 Å². The molecule has 0 fully saturated rings. The summed E-state index contributed by atoms with van der Waals surface area (Å²) in [6.45, 7) is 0.291. The molecule has 1 aromatic carbocycles. The van der Waals surface area contributed by atoms with Gasteiger partial charge >= 0.3 is 0 Å². The maximum absolute atomic E-state index is 12.4. The molecule has 0 atom stereocenters. The van der Waals surface area contributed by atoms with Gasteiger partial charge in [-0.15, -0.1) is 11.3 Å². The maximum atomic E-state index is 12.4. The Kier molecular flexibility index (Phi) is 5.07. The summed E-state index contributed by atoms with van der Waals surface area (Å²) in [6, 6.07) is 12.6. The Balaban J connectivity index is 1.41. The number of carbonyl (C=O) groups excluding carboxylic acids is 1. The molecular weight excluding hydrogens is 374 g/mol. The number of nitrogens with one attached hydrogen (secondary N) is 1. The largest absolute Gasteiger partial charge is 0.463 e. The highest BCUT2D eigenvalue weighted by atomic mass is 32.1. The molecule has 0 saturated carbocycles. The Morgan fingerprint density at radius 3 is 2.89 bits per heavy atom. The number of para-hydroxylation sites is 1. The standard InChI is InChI=1S/C21H15N3O3S/c25-19(9-8-14-12-27-18-7-2-1-5-16(18)20(14)26)23-11-15-13-28-21(24-15)17-6-3-4-10-22-17/h1-10,12-13H,11H2,(H,23,25)/b9-8+. The van der Waals surface area contributed by atoms with Crippen molar-refractivity contribution in [2.24, 2.45) is 0 Å². The van der Waals surface area contributed by atoms with Crippen LogP contribution >= 0.6 is 11.3 Å². The molecule has 0 aliphatic heterocycles. The number of carbonyl (C=O) groups is 1. The van der Waals surface area contributed by atoms with Gasteiger partial charge in [-0.3, -0.25) is 14.6 Å². The molecule has 28 heavy (non-hydrogen) atoms. The zero-order valence-electron chi connectivity index (χ0n) is 14.7. The van der Waals surface area contributed by atoms with Crippen molar-refractivity contribution in [1.82, 2.24) is 15.3 Å². The maximum Gasteiger partial charge on any atom is 0.244 e. The van der Waals surface area contributed by atoms with Crippen LogP contribution in [0.4, 0.5) is 0 Å². The topological polar surface area (TPSA) is 85.1 Å². The van der Waals surface area contributed by atoms with Crippen molar-refractivity contribution in [3.05, 3.63) is 87.9 Å². The molecule has 0 aliphatic carbocycles. The van der Waals surface area contributed by atoms with Gasteiger partial charge in [-0.1, -0.05) is 18.2 Å². The number of hydrogen-bond donors (Lipinski definition) is 1. The molecule has 4 aromatic rings. The van der Waals surface area contributed by atoms with E-state index in [0.717, 1.165) is 16.4 Å². The van der Waals surface area contributed by atoms with Gasteiger partial charge in [0, 0.05) is 17.7 Å². The average Bonchev–Trinajstić information content (AvgIpc) is 3.22. The molecule has 1 N–H and O–H groups in total. The molecule has 0 spiro atoms. The third-order valence-electron chi connectivity index (χ3n) is 4.00. The average molecular weight is 389 g/mol. The summed E-state index contributed by atoms with van der Waals surface area (Å²) in [7, 11) is 0. The van der Waals surface area contributed by atoms with Gasteiger partial charge in [-0.05, 0) is 30.3 Å². The summed E-state index contributed by atoms with van der Waals surface area (Å²) in [4.78, 5) is 33.2. The molecule has 0 bridgehead atoms. The molecule has 7 heteroatoms.